The van der Waals surface area contributed by atoms with Gasteiger partial charge < -0.3 is 9.84 Å². The van der Waals surface area contributed by atoms with Gasteiger partial charge in [0.05, 0.1) is 22.9 Å². The number of halogens is 2. The summed E-state index contributed by atoms with van der Waals surface area (Å²) in [7, 11) is -2.24. The molecule has 2 aromatic heterocycles. The van der Waals surface area contributed by atoms with Gasteiger partial charge in [-0.3, -0.25) is 4.68 Å². The number of sulfone groups is 1. The van der Waals surface area contributed by atoms with E-state index in [9.17, 15) is 22.3 Å². The number of hydrogen-bond acceptors (Lipinski definition) is 6. The van der Waals surface area contributed by atoms with Crippen LogP contribution in [0.1, 0.15) is 6.92 Å². The van der Waals surface area contributed by atoms with Gasteiger partial charge in [-0.2, -0.15) is 19.0 Å². The molecule has 0 radical (unpaired) electrons. The number of ether oxygens (including phenoxy) is 1. The minimum atomic E-state index is -3.87. The van der Waals surface area contributed by atoms with Crippen molar-refractivity contribution in [3.63, 3.8) is 0 Å². The minimum absolute atomic E-state index is 0.0672. The molecule has 0 amide bonds. The van der Waals surface area contributed by atoms with Gasteiger partial charge in [0.1, 0.15) is 17.1 Å². The van der Waals surface area contributed by atoms with Gasteiger partial charge in [-0.25, -0.2) is 13.1 Å². The molecule has 1 N–H and O–H groups in total. The Labute approximate surface area is 159 Å². The normalized spacial score (nSPS) is 13.1. The zero-order chi connectivity index (χ0) is 20.5. The summed E-state index contributed by atoms with van der Waals surface area (Å²) in [4.78, 5) is -0.136. The zero-order valence-electron chi connectivity index (χ0n) is 15.0. The van der Waals surface area contributed by atoms with Crippen LogP contribution in [0.25, 0.3) is 16.9 Å². The number of alkyl halides is 2. The van der Waals surface area contributed by atoms with Crippen LogP contribution in [0.2, 0.25) is 0 Å². The second kappa shape index (κ2) is 7.68. The summed E-state index contributed by atoms with van der Waals surface area (Å²) in [5, 5.41) is 16.6. The van der Waals surface area contributed by atoms with Crippen LogP contribution < -0.4 is 4.74 Å². The maximum atomic E-state index is 12.9. The van der Waals surface area contributed by atoms with Gasteiger partial charge >= 0.3 is 6.61 Å². The predicted octanol–water partition coefficient (Wildman–Crippen LogP) is 2.03. The van der Waals surface area contributed by atoms with E-state index in [0.29, 0.717) is 5.69 Å². The highest BCUT2D eigenvalue weighted by atomic mass is 32.2. The van der Waals surface area contributed by atoms with E-state index >= 15 is 0 Å². The fourth-order valence-corrected chi connectivity index (χ4v) is 3.85. The fourth-order valence-electron chi connectivity index (χ4n) is 2.65. The molecular weight excluding hydrogens is 394 g/mol. The van der Waals surface area contributed by atoms with Crippen molar-refractivity contribution in [1.29, 1.82) is 0 Å². The Kier molecular flexibility index (Phi) is 5.47. The maximum Gasteiger partial charge on any atom is 0.387 e. The SMILES string of the molecule is C[C@@H](CO)S(=O)(=O)c1ccc(OC(F)F)c(-c2nn(C)cc2-n2cccn2)c1. The van der Waals surface area contributed by atoms with E-state index in [1.54, 1.807) is 25.5 Å². The van der Waals surface area contributed by atoms with Gasteiger partial charge in [-0.1, -0.05) is 0 Å². The van der Waals surface area contributed by atoms with E-state index in [1.807, 2.05) is 0 Å². The molecule has 0 bridgehead atoms. The molecule has 0 fully saturated rings. The van der Waals surface area contributed by atoms with Crippen LogP contribution in [-0.2, 0) is 16.9 Å². The summed E-state index contributed by atoms with van der Waals surface area (Å²) in [5.74, 6) is -0.224. The number of aromatic nitrogens is 4. The molecule has 0 saturated carbocycles. The third-order valence-electron chi connectivity index (χ3n) is 4.10. The third kappa shape index (κ3) is 3.76. The van der Waals surface area contributed by atoms with E-state index in [0.717, 1.165) is 6.07 Å². The molecule has 1 aromatic carbocycles. The van der Waals surface area contributed by atoms with Gasteiger partial charge in [0.2, 0.25) is 0 Å². The Morgan fingerprint density at radius 2 is 2.07 bits per heavy atom. The van der Waals surface area contributed by atoms with Crippen molar-refractivity contribution < 1.29 is 27.0 Å². The summed E-state index contributed by atoms with van der Waals surface area (Å²) in [6.07, 6.45) is 4.80. The van der Waals surface area contributed by atoms with Crippen molar-refractivity contribution in [3.05, 3.63) is 42.9 Å². The molecule has 0 unspecified atom stereocenters. The van der Waals surface area contributed by atoms with Crippen molar-refractivity contribution in [2.24, 2.45) is 7.05 Å². The Morgan fingerprint density at radius 1 is 1.32 bits per heavy atom. The lowest BCUT2D eigenvalue weighted by Gasteiger charge is -2.15. The van der Waals surface area contributed by atoms with E-state index < -0.39 is 28.3 Å². The van der Waals surface area contributed by atoms with Gasteiger partial charge in [0, 0.05) is 25.0 Å². The van der Waals surface area contributed by atoms with E-state index in [4.69, 9.17) is 0 Å². The minimum Gasteiger partial charge on any atom is -0.434 e. The summed E-state index contributed by atoms with van der Waals surface area (Å²) >= 11 is 0. The molecular formula is C17H18F2N4O4S. The summed E-state index contributed by atoms with van der Waals surface area (Å²) in [6, 6.07) is 5.21. The van der Waals surface area contributed by atoms with Gasteiger partial charge in [0.15, 0.2) is 9.84 Å². The Morgan fingerprint density at radius 3 is 2.68 bits per heavy atom. The van der Waals surface area contributed by atoms with Crippen LogP contribution in [0.4, 0.5) is 8.78 Å². The first-order valence-corrected chi connectivity index (χ1v) is 9.76. The smallest absolute Gasteiger partial charge is 0.387 e. The Hall–Kier alpha value is -2.79. The average molecular weight is 412 g/mol. The van der Waals surface area contributed by atoms with Crippen LogP contribution in [0.5, 0.6) is 5.75 Å². The number of nitrogens with zero attached hydrogens (tertiary/aromatic N) is 4. The monoisotopic (exact) mass is 412 g/mol. The molecule has 0 aliphatic heterocycles. The van der Waals surface area contributed by atoms with Crippen LogP contribution >= 0.6 is 0 Å². The summed E-state index contributed by atoms with van der Waals surface area (Å²) in [5.41, 5.74) is 0.740. The lowest BCUT2D eigenvalue weighted by atomic mass is 10.1. The second-order valence-corrected chi connectivity index (χ2v) is 8.43. The lowest BCUT2D eigenvalue weighted by molar-refractivity contribution is -0.0494. The molecule has 1 atom stereocenters. The molecule has 8 nitrogen and oxygen atoms in total. The number of rotatable bonds is 7. The molecule has 0 aliphatic carbocycles. The first-order valence-electron chi connectivity index (χ1n) is 8.21. The molecule has 150 valence electrons. The molecule has 0 saturated heterocycles. The van der Waals surface area contributed by atoms with E-state index in [1.165, 1.54) is 34.6 Å². The van der Waals surface area contributed by atoms with Crippen LogP contribution in [0.15, 0.2) is 47.8 Å². The lowest BCUT2D eigenvalue weighted by Crippen LogP contribution is -2.21. The number of benzene rings is 1. The summed E-state index contributed by atoms with van der Waals surface area (Å²) in [6.45, 7) is -2.32. The van der Waals surface area contributed by atoms with Crippen molar-refractivity contribution in [2.75, 3.05) is 6.61 Å². The van der Waals surface area contributed by atoms with Crippen LogP contribution in [0.3, 0.4) is 0 Å². The van der Waals surface area contributed by atoms with E-state index in [-0.39, 0.29) is 21.9 Å². The van der Waals surface area contributed by atoms with E-state index in [2.05, 4.69) is 14.9 Å². The van der Waals surface area contributed by atoms with Gasteiger partial charge in [-0.15, -0.1) is 0 Å². The number of hydrogen-bond donors (Lipinski definition) is 1. The fraction of sp³-hybridized carbons (Fsp3) is 0.294. The second-order valence-electron chi connectivity index (χ2n) is 6.06. The number of aliphatic hydroxyl groups excluding tert-OH is 1. The molecule has 0 spiro atoms. The molecule has 2 heterocycles. The number of aliphatic hydroxyl groups is 1. The molecule has 0 aliphatic rings. The molecule has 3 aromatic rings. The number of aryl methyl sites for hydroxylation is 1. The highest BCUT2D eigenvalue weighted by molar-refractivity contribution is 7.92. The molecule has 28 heavy (non-hydrogen) atoms. The average Bonchev–Trinajstić information content (AvgIpc) is 3.30. The molecule has 3 rings (SSSR count). The van der Waals surface area contributed by atoms with Gasteiger partial charge in [0.25, 0.3) is 0 Å². The van der Waals surface area contributed by atoms with Crippen molar-refractivity contribution in [3.8, 4) is 22.7 Å². The zero-order valence-corrected chi connectivity index (χ0v) is 15.8. The maximum absolute atomic E-state index is 12.9. The quantitative estimate of drug-likeness (QED) is 0.638. The highest BCUT2D eigenvalue weighted by Crippen LogP contribution is 2.36. The largest absolute Gasteiger partial charge is 0.434 e. The van der Waals surface area contributed by atoms with Crippen molar-refractivity contribution in [1.82, 2.24) is 19.6 Å². The Balaban J connectivity index is 2.23. The molecule has 11 heteroatoms. The van der Waals surface area contributed by atoms with Crippen molar-refractivity contribution in [2.45, 2.75) is 23.7 Å². The topological polar surface area (TPSA) is 99.2 Å². The van der Waals surface area contributed by atoms with Crippen LogP contribution in [0, 0.1) is 0 Å². The standard InChI is InChI=1S/C17H18F2N4O4S/c1-11(10-24)28(25,26)12-4-5-15(27-17(18)19)13(8-12)16-14(9-22(2)21-16)23-7-3-6-20-23/h3-9,11,17,24H,10H2,1-2H3/t11-/m0/s1. The first-order chi connectivity index (χ1) is 13.2. The Bertz CT molecular complexity index is 1070. The summed E-state index contributed by atoms with van der Waals surface area (Å²) < 4.78 is 58.5. The first kappa shape index (κ1) is 20.0. The van der Waals surface area contributed by atoms with Crippen molar-refractivity contribution >= 4 is 9.84 Å². The predicted molar refractivity (Wildman–Crippen MR) is 96.1 cm³/mol. The van der Waals surface area contributed by atoms with Gasteiger partial charge in [-0.05, 0) is 31.2 Å². The third-order valence-corrected chi connectivity index (χ3v) is 6.22. The highest BCUT2D eigenvalue weighted by Gasteiger charge is 2.26. The van der Waals surface area contributed by atoms with Crippen LogP contribution in [-0.4, -0.2) is 51.6 Å².